The van der Waals surface area contributed by atoms with Crippen LogP contribution in [-0.4, -0.2) is 19.7 Å². The minimum atomic E-state index is -4.62. The van der Waals surface area contributed by atoms with Gasteiger partial charge >= 0.3 is 6.18 Å². The van der Waals surface area contributed by atoms with Crippen molar-refractivity contribution >= 4 is 0 Å². The van der Waals surface area contributed by atoms with Crippen LogP contribution in [0.1, 0.15) is 27.9 Å². The van der Waals surface area contributed by atoms with Crippen LogP contribution in [0, 0.1) is 39.3 Å². The van der Waals surface area contributed by atoms with Crippen molar-refractivity contribution in [2.24, 2.45) is 0 Å². The lowest BCUT2D eigenvalue weighted by molar-refractivity contribution is -0.141. The van der Waals surface area contributed by atoms with Crippen molar-refractivity contribution < 1.29 is 22.0 Å². The molecule has 0 atom stereocenters. The number of H-pyrrole nitrogens is 1. The number of hydrogen-bond acceptors (Lipinski definition) is 2. The summed E-state index contributed by atoms with van der Waals surface area (Å²) in [5, 5.41) is 5.92. The summed E-state index contributed by atoms with van der Waals surface area (Å²) in [5.41, 5.74) is 2.49. The molecule has 0 spiro atoms. The standard InChI is InChI=1S/C23H19F5N4/c1-11-7-12(2)20(13(3)8-11)32-10-18(16-6-5-15(24)9-17(16)25)29-22(32)19-14(4)21(31-30-19)23(26,27)28/h5-10H,1-4H3,(H,30,31). The molecule has 0 aliphatic heterocycles. The Morgan fingerprint density at radius 1 is 0.938 bits per heavy atom. The fraction of sp³-hybridized carbons (Fsp3) is 0.217. The zero-order chi connectivity index (χ0) is 23.4. The van der Waals surface area contributed by atoms with Gasteiger partial charge in [0.15, 0.2) is 5.82 Å². The first-order valence-electron chi connectivity index (χ1n) is 9.73. The lowest BCUT2D eigenvalue weighted by Crippen LogP contribution is -2.07. The molecule has 2 aromatic carbocycles. The number of hydrogen-bond donors (Lipinski definition) is 1. The molecule has 2 heterocycles. The highest BCUT2D eigenvalue weighted by Gasteiger charge is 2.37. The molecule has 0 amide bonds. The summed E-state index contributed by atoms with van der Waals surface area (Å²) in [6.07, 6.45) is -3.09. The third-order valence-electron chi connectivity index (χ3n) is 5.29. The van der Waals surface area contributed by atoms with Gasteiger partial charge in [0.25, 0.3) is 0 Å². The SMILES string of the molecule is Cc1cc(C)c(-n2cc(-c3ccc(F)cc3F)nc2-c2n[nH]c(C(F)(F)F)c2C)c(C)c1. The highest BCUT2D eigenvalue weighted by atomic mass is 19.4. The molecule has 4 nitrogen and oxygen atoms in total. The fourth-order valence-corrected chi connectivity index (χ4v) is 3.99. The summed E-state index contributed by atoms with van der Waals surface area (Å²) in [5.74, 6) is -1.45. The van der Waals surface area contributed by atoms with Gasteiger partial charge in [0, 0.05) is 23.4 Å². The Morgan fingerprint density at radius 2 is 1.59 bits per heavy atom. The Labute approximate surface area is 180 Å². The first-order valence-corrected chi connectivity index (χ1v) is 9.73. The van der Waals surface area contributed by atoms with Crippen molar-refractivity contribution in [1.82, 2.24) is 19.7 Å². The van der Waals surface area contributed by atoms with Gasteiger partial charge in [-0.05, 0) is 51.0 Å². The van der Waals surface area contributed by atoms with E-state index >= 15 is 0 Å². The van der Waals surface area contributed by atoms with E-state index in [-0.39, 0.29) is 28.3 Å². The number of rotatable bonds is 3. The van der Waals surface area contributed by atoms with Crippen LogP contribution in [0.5, 0.6) is 0 Å². The molecule has 32 heavy (non-hydrogen) atoms. The Bertz CT molecular complexity index is 1310. The second kappa shape index (κ2) is 7.58. The average molecular weight is 446 g/mol. The second-order valence-corrected chi connectivity index (χ2v) is 7.76. The molecule has 2 aromatic heterocycles. The first-order chi connectivity index (χ1) is 15.0. The van der Waals surface area contributed by atoms with Crippen molar-refractivity contribution in [2.45, 2.75) is 33.9 Å². The molecule has 0 radical (unpaired) electrons. The van der Waals surface area contributed by atoms with Gasteiger partial charge in [-0.15, -0.1) is 0 Å². The lowest BCUT2D eigenvalue weighted by Gasteiger charge is -2.14. The molecule has 0 saturated carbocycles. The van der Waals surface area contributed by atoms with Gasteiger partial charge in [-0.25, -0.2) is 13.8 Å². The van der Waals surface area contributed by atoms with Crippen LogP contribution in [0.15, 0.2) is 36.5 Å². The van der Waals surface area contributed by atoms with Crippen molar-refractivity contribution in [3.63, 3.8) is 0 Å². The number of halogens is 5. The number of nitrogens with one attached hydrogen (secondary N) is 1. The van der Waals surface area contributed by atoms with E-state index in [1.165, 1.54) is 19.2 Å². The topological polar surface area (TPSA) is 46.5 Å². The van der Waals surface area contributed by atoms with Crippen LogP contribution in [0.4, 0.5) is 22.0 Å². The summed E-state index contributed by atoms with van der Waals surface area (Å²) in [6, 6.07) is 6.94. The van der Waals surface area contributed by atoms with E-state index in [0.717, 1.165) is 28.8 Å². The molecule has 0 aliphatic rings. The van der Waals surface area contributed by atoms with Gasteiger partial charge in [0.2, 0.25) is 0 Å². The molecule has 9 heteroatoms. The Hall–Kier alpha value is -3.49. The molecule has 0 fully saturated rings. The molecular formula is C23H19F5N4. The predicted octanol–water partition coefficient (Wildman–Crippen LogP) is 6.46. The number of aromatic amines is 1. The molecule has 1 N–H and O–H groups in total. The van der Waals surface area contributed by atoms with E-state index in [2.05, 4.69) is 10.1 Å². The van der Waals surface area contributed by atoms with Gasteiger partial charge in [-0.2, -0.15) is 18.3 Å². The van der Waals surface area contributed by atoms with E-state index in [1.807, 2.05) is 38.0 Å². The minimum Gasteiger partial charge on any atom is -0.297 e. The molecule has 166 valence electrons. The number of nitrogens with zero attached hydrogens (tertiary/aromatic N) is 3. The number of aromatic nitrogens is 4. The Morgan fingerprint density at radius 3 is 2.16 bits per heavy atom. The van der Waals surface area contributed by atoms with Crippen LogP contribution in [0.2, 0.25) is 0 Å². The number of imidazole rings is 1. The summed E-state index contributed by atoms with van der Waals surface area (Å²) in [7, 11) is 0. The normalized spacial score (nSPS) is 11.9. The van der Waals surface area contributed by atoms with Gasteiger partial charge in [-0.1, -0.05) is 17.7 Å². The van der Waals surface area contributed by atoms with Crippen LogP contribution in [0.3, 0.4) is 0 Å². The highest BCUT2D eigenvalue weighted by molar-refractivity contribution is 5.69. The van der Waals surface area contributed by atoms with Crippen LogP contribution < -0.4 is 0 Å². The van der Waals surface area contributed by atoms with E-state index in [1.54, 1.807) is 4.57 Å². The van der Waals surface area contributed by atoms with E-state index in [0.29, 0.717) is 5.69 Å². The largest absolute Gasteiger partial charge is 0.433 e. The van der Waals surface area contributed by atoms with Gasteiger partial charge in [0.1, 0.15) is 23.0 Å². The highest BCUT2D eigenvalue weighted by Crippen LogP contribution is 2.37. The first kappa shape index (κ1) is 21.7. The Balaban J connectivity index is 2.01. The number of benzene rings is 2. The quantitative estimate of drug-likeness (QED) is 0.367. The third-order valence-corrected chi connectivity index (χ3v) is 5.29. The molecule has 0 aliphatic carbocycles. The molecule has 0 saturated heterocycles. The van der Waals surface area contributed by atoms with Gasteiger partial charge < -0.3 is 0 Å². The molecule has 4 aromatic rings. The van der Waals surface area contributed by atoms with Crippen molar-refractivity contribution in [2.75, 3.05) is 0 Å². The lowest BCUT2D eigenvalue weighted by atomic mass is 10.0. The summed E-state index contributed by atoms with van der Waals surface area (Å²) in [4.78, 5) is 4.43. The summed E-state index contributed by atoms with van der Waals surface area (Å²) in [6.45, 7) is 6.98. The maximum atomic E-state index is 14.5. The zero-order valence-corrected chi connectivity index (χ0v) is 17.7. The van der Waals surface area contributed by atoms with E-state index in [4.69, 9.17) is 0 Å². The summed E-state index contributed by atoms with van der Waals surface area (Å²) >= 11 is 0. The second-order valence-electron chi connectivity index (χ2n) is 7.76. The summed E-state index contributed by atoms with van der Waals surface area (Å²) < 4.78 is 69.5. The van der Waals surface area contributed by atoms with Crippen LogP contribution in [-0.2, 0) is 6.18 Å². The predicted molar refractivity (Wildman–Crippen MR) is 110 cm³/mol. The fourth-order valence-electron chi connectivity index (χ4n) is 3.99. The van der Waals surface area contributed by atoms with Gasteiger partial charge in [0.05, 0.1) is 11.4 Å². The third kappa shape index (κ3) is 3.68. The van der Waals surface area contributed by atoms with Crippen LogP contribution in [0.25, 0.3) is 28.5 Å². The molecule has 0 unspecified atom stereocenters. The van der Waals surface area contributed by atoms with Crippen molar-refractivity contribution in [3.05, 3.63) is 76.1 Å². The van der Waals surface area contributed by atoms with Gasteiger partial charge in [-0.3, -0.25) is 9.67 Å². The minimum absolute atomic E-state index is 0.00882. The monoisotopic (exact) mass is 446 g/mol. The van der Waals surface area contributed by atoms with E-state index in [9.17, 15) is 22.0 Å². The average Bonchev–Trinajstić information content (AvgIpc) is 3.24. The van der Waals surface area contributed by atoms with Crippen molar-refractivity contribution in [1.29, 1.82) is 0 Å². The van der Waals surface area contributed by atoms with E-state index < -0.39 is 23.5 Å². The molecule has 0 bridgehead atoms. The number of alkyl halides is 3. The molecular weight excluding hydrogens is 427 g/mol. The maximum Gasteiger partial charge on any atom is 0.433 e. The number of aryl methyl sites for hydroxylation is 3. The zero-order valence-electron chi connectivity index (χ0n) is 17.7. The Kier molecular flexibility index (Phi) is 5.15. The smallest absolute Gasteiger partial charge is 0.297 e. The maximum absolute atomic E-state index is 14.5. The van der Waals surface area contributed by atoms with Crippen molar-refractivity contribution in [3.8, 4) is 28.5 Å². The van der Waals surface area contributed by atoms with Crippen LogP contribution >= 0.6 is 0 Å². The molecule has 4 rings (SSSR count).